The number of nitrogens with zero attached hydrogens (tertiary/aromatic N) is 2. The minimum absolute atomic E-state index is 0.121. The average Bonchev–Trinajstić information content (AvgIpc) is 2.27. The third-order valence-corrected chi connectivity index (χ3v) is 3.46. The molecule has 1 heterocycles. The van der Waals surface area contributed by atoms with Crippen molar-refractivity contribution in [2.24, 2.45) is 5.92 Å². The van der Waals surface area contributed by atoms with Gasteiger partial charge in [0, 0.05) is 12.6 Å². The third-order valence-electron chi connectivity index (χ3n) is 2.96. The molecule has 0 fully saturated rings. The Balaban J connectivity index is 2.69. The lowest BCUT2D eigenvalue weighted by Gasteiger charge is -2.28. The number of aromatic nitrogens is 1. The molecule has 19 heavy (non-hydrogen) atoms. The molecule has 1 atom stereocenters. The van der Waals surface area contributed by atoms with Crippen LogP contribution in [0.4, 0.5) is 0 Å². The van der Waals surface area contributed by atoms with Crippen molar-refractivity contribution in [3.05, 3.63) is 28.0 Å². The molecule has 0 radical (unpaired) electrons. The van der Waals surface area contributed by atoms with E-state index in [0.29, 0.717) is 18.0 Å². The van der Waals surface area contributed by atoms with Crippen molar-refractivity contribution in [1.29, 1.82) is 0 Å². The van der Waals surface area contributed by atoms with Crippen molar-refractivity contribution in [2.75, 3.05) is 20.6 Å². The maximum absolute atomic E-state index is 12.0. The van der Waals surface area contributed by atoms with Crippen molar-refractivity contribution in [1.82, 2.24) is 15.2 Å². The van der Waals surface area contributed by atoms with Crippen LogP contribution in [0.2, 0.25) is 10.3 Å². The highest BCUT2D eigenvalue weighted by Crippen LogP contribution is 2.16. The van der Waals surface area contributed by atoms with E-state index < -0.39 is 0 Å². The summed E-state index contributed by atoms with van der Waals surface area (Å²) in [4.78, 5) is 18.0. The van der Waals surface area contributed by atoms with Gasteiger partial charge in [-0.2, -0.15) is 0 Å². The number of hydrogen-bond donors (Lipinski definition) is 1. The van der Waals surface area contributed by atoms with Gasteiger partial charge in [-0.1, -0.05) is 37.0 Å². The fourth-order valence-corrected chi connectivity index (χ4v) is 2.32. The molecule has 0 aliphatic carbocycles. The smallest absolute Gasteiger partial charge is 0.254 e. The van der Waals surface area contributed by atoms with Crippen LogP contribution in [0.3, 0.4) is 0 Å². The molecule has 4 nitrogen and oxygen atoms in total. The van der Waals surface area contributed by atoms with E-state index in [4.69, 9.17) is 23.2 Å². The largest absolute Gasteiger partial charge is 0.350 e. The summed E-state index contributed by atoms with van der Waals surface area (Å²) in [5.41, 5.74) is 0.340. The minimum Gasteiger partial charge on any atom is -0.350 e. The Bertz CT molecular complexity index is 442. The number of halogens is 2. The first-order valence-electron chi connectivity index (χ1n) is 6.09. The van der Waals surface area contributed by atoms with E-state index in [1.165, 1.54) is 0 Å². The third kappa shape index (κ3) is 4.64. The second-order valence-electron chi connectivity index (χ2n) is 4.96. The summed E-state index contributed by atoms with van der Waals surface area (Å²) in [5, 5.41) is 3.27. The highest BCUT2D eigenvalue weighted by Gasteiger charge is 2.18. The van der Waals surface area contributed by atoms with Crippen LogP contribution < -0.4 is 5.32 Å². The summed E-state index contributed by atoms with van der Waals surface area (Å²) in [6.45, 7) is 4.80. The van der Waals surface area contributed by atoms with E-state index >= 15 is 0 Å². The SMILES string of the molecule is CC(C)C(CNC(=O)c1ccc(Cl)nc1Cl)N(C)C. The molecule has 106 valence electrons. The number of carbonyl (C=O) groups is 1. The molecule has 1 aromatic rings. The van der Waals surface area contributed by atoms with Crippen molar-refractivity contribution in [3.8, 4) is 0 Å². The monoisotopic (exact) mass is 303 g/mol. The molecular weight excluding hydrogens is 285 g/mol. The Morgan fingerprint density at radius 1 is 1.37 bits per heavy atom. The van der Waals surface area contributed by atoms with Gasteiger partial charge in [0.1, 0.15) is 10.3 Å². The van der Waals surface area contributed by atoms with Gasteiger partial charge in [-0.3, -0.25) is 4.79 Å². The van der Waals surface area contributed by atoms with E-state index in [-0.39, 0.29) is 22.3 Å². The van der Waals surface area contributed by atoms with Gasteiger partial charge in [0.15, 0.2) is 0 Å². The Morgan fingerprint density at radius 2 is 2.00 bits per heavy atom. The second kappa shape index (κ2) is 7.08. The van der Waals surface area contributed by atoms with E-state index in [9.17, 15) is 4.79 Å². The number of hydrogen-bond acceptors (Lipinski definition) is 3. The van der Waals surface area contributed by atoms with Crippen LogP contribution in [0.1, 0.15) is 24.2 Å². The first-order valence-corrected chi connectivity index (χ1v) is 6.85. The molecular formula is C13H19Cl2N3O. The Labute approximate surface area is 124 Å². The Kier molecular flexibility index (Phi) is 6.04. The van der Waals surface area contributed by atoms with Crippen LogP contribution in [0.25, 0.3) is 0 Å². The van der Waals surface area contributed by atoms with Gasteiger partial charge >= 0.3 is 0 Å². The van der Waals surface area contributed by atoms with Crippen molar-refractivity contribution >= 4 is 29.1 Å². The lowest BCUT2D eigenvalue weighted by atomic mass is 10.0. The fraction of sp³-hybridized carbons (Fsp3) is 0.538. The second-order valence-corrected chi connectivity index (χ2v) is 5.70. The van der Waals surface area contributed by atoms with Gasteiger partial charge in [-0.15, -0.1) is 0 Å². The molecule has 1 N–H and O–H groups in total. The zero-order chi connectivity index (χ0) is 14.6. The fourth-order valence-electron chi connectivity index (χ4n) is 1.89. The molecule has 1 rings (SSSR count). The zero-order valence-corrected chi connectivity index (χ0v) is 13.1. The van der Waals surface area contributed by atoms with Gasteiger partial charge in [-0.05, 0) is 32.1 Å². The van der Waals surface area contributed by atoms with Gasteiger partial charge in [0.2, 0.25) is 0 Å². The van der Waals surface area contributed by atoms with Gasteiger partial charge in [-0.25, -0.2) is 4.98 Å². The van der Waals surface area contributed by atoms with Crippen LogP contribution >= 0.6 is 23.2 Å². The Morgan fingerprint density at radius 3 is 2.47 bits per heavy atom. The molecule has 1 unspecified atom stereocenters. The average molecular weight is 304 g/mol. The number of rotatable bonds is 5. The molecule has 0 bridgehead atoms. The van der Waals surface area contributed by atoms with Crippen LogP contribution in [0, 0.1) is 5.92 Å². The molecule has 0 saturated heterocycles. The predicted molar refractivity (Wildman–Crippen MR) is 78.9 cm³/mol. The summed E-state index contributed by atoms with van der Waals surface area (Å²) < 4.78 is 0. The van der Waals surface area contributed by atoms with Gasteiger partial charge < -0.3 is 10.2 Å². The molecule has 1 aromatic heterocycles. The Hall–Kier alpha value is -0.840. The highest BCUT2D eigenvalue weighted by molar-refractivity contribution is 6.34. The molecule has 0 saturated carbocycles. The quantitative estimate of drug-likeness (QED) is 0.851. The minimum atomic E-state index is -0.235. The first kappa shape index (κ1) is 16.2. The van der Waals surface area contributed by atoms with Gasteiger partial charge in [0.25, 0.3) is 5.91 Å². The number of carbonyl (C=O) groups excluding carboxylic acids is 1. The maximum Gasteiger partial charge on any atom is 0.254 e. The number of pyridine rings is 1. The normalized spacial score (nSPS) is 12.8. The highest BCUT2D eigenvalue weighted by atomic mass is 35.5. The lowest BCUT2D eigenvalue weighted by Crippen LogP contribution is -2.43. The van der Waals surface area contributed by atoms with Crippen LogP contribution in [-0.2, 0) is 0 Å². The summed E-state index contributed by atoms with van der Waals surface area (Å²) in [7, 11) is 3.99. The zero-order valence-electron chi connectivity index (χ0n) is 11.6. The molecule has 0 aliphatic heterocycles. The molecule has 1 amide bonds. The van der Waals surface area contributed by atoms with Crippen molar-refractivity contribution in [2.45, 2.75) is 19.9 Å². The number of amides is 1. The molecule has 0 aromatic carbocycles. The van der Waals surface area contributed by atoms with E-state index in [1.807, 2.05) is 14.1 Å². The summed E-state index contributed by atoms with van der Waals surface area (Å²) in [6.07, 6.45) is 0. The molecule has 6 heteroatoms. The van der Waals surface area contributed by atoms with Crippen LogP contribution in [0.15, 0.2) is 12.1 Å². The van der Waals surface area contributed by atoms with E-state index in [1.54, 1.807) is 12.1 Å². The summed E-state index contributed by atoms with van der Waals surface area (Å²) in [6, 6.07) is 3.39. The number of nitrogens with one attached hydrogen (secondary N) is 1. The molecule has 0 spiro atoms. The van der Waals surface area contributed by atoms with Crippen LogP contribution in [-0.4, -0.2) is 42.5 Å². The summed E-state index contributed by atoms with van der Waals surface area (Å²) in [5.74, 6) is 0.204. The predicted octanol–water partition coefficient (Wildman–Crippen LogP) is 2.70. The van der Waals surface area contributed by atoms with E-state index in [0.717, 1.165) is 0 Å². The standard InChI is InChI=1S/C13H19Cl2N3O/c1-8(2)10(18(3)4)7-16-13(19)9-5-6-11(14)17-12(9)15/h5-6,8,10H,7H2,1-4H3,(H,16,19). The molecule has 0 aliphatic rings. The van der Waals surface area contributed by atoms with Gasteiger partial charge in [0.05, 0.1) is 5.56 Å². The first-order chi connectivity index (χ1) is 8.82. The van der Waals surface area contributed by atoms with E-state index in [2.05, 4.69) is 29.0 Å². The van der Waals surface area contributed by atoms with Crippen molar-refractivity contribution in [3.63, 3.8) is 0 Å². The topological polar surface area (TPSA) is 45.2 Å². The maximum atomic E-state index is 12.0. The van der Waals surface area contributed by atoms with Crippen LogP contribution in [0.5, 0.6) is 0 Å². The number of likely N-dealkylation sites (N-methyl/N-ethyl adjacent to an activating group) is 1. The summed E-state index contributed by atoms with van der Waals surface area (Å²) >= 11 is 11.6. The van der Waals surface area contributed by atoms with Crippen molar-refractivity contribution < 1.29 is 4.79 Å². The lowest BCUT2D eigenvalue weighted by molar-refractivity contribution is 0.0934.